The highest BCUT2D eigenvalue weighted by atomic mass is 16.6. The zero-order valence-corrected chi connectivity index (χ0v) is 18.9. The van der Waals surface area contributed by atoms with Gasteiger partial charge in [-0.05, 0) is 32.4 Å². The van der Waals surface area contributed by atoms with E-state index in [4.69, 9.17) is 24.4 Å². The molecule has 0 bridgehead atoms. The van der Waals surface area contributed by atoms with Crippen LogP contribution >= 0.6 is 0 Å². The molecule has 10 heteroatoms. The van der Waals surface area contributed by atoms with E-state index in [1.807, 2.05) is 35.6 Å². The monoisotopic (exact) mass is 457 g/mol. The van der Waals surface area contributed by atoms with Crippen molar-refractivity contribution in [3.8, 4) is 5.75 Å². The Kier molecular flexibility index (Phi) is 8.79. The fourth-order valence-electron chi connectivity index (χ4n) is 2.52. The fraction of sp³-hybridized carbons (Fsp3) is 0.304. The van der Waals surface area contributed by atoms with Crippen molar-refractivity contribution in [3.05, 3.63) is 65.2 Å². The highest BCUT2D eigenvalue weighted by Crippen LogP contribution is 2.21. The number of carbonyl (C=O) groups is 3. The van der Waals surface area contributed by atoms with Gasteiger partial charge in [0.2, 0.25) is 0 Å². The first-order valence-electron chi connectivity index (χ1n) is 9.97. The van der Waals surface area contributed by atoms with Gasteiger partial charge in [0.1, 0.15) is 30.4 Å². The van der Waals surface area contributed by atoms with Crippen molar-refractivity contribution in [1.82, 2.24) is 10.6 Å². The molecule has 2 aromatic rings. The maximum Gasteiger partial charge on any atom is 0.417 e. The van der Waals surface area contributed by atoms with Crippen molar-refractivity contribution in [3.63, 3.8) is 0 Å². The molecule has 0 aliphatic heterocycles. The lowest BCUT2D eigenvalue weighted by atomic mass is 10.1. The second-order valence-electron chi connectivity index (χ2n) is 7.79. The first kappa shape index (κ1) is 25.2. The minimum Gasteiger partial charge on any atom is -0.496 e. The molecule has 0 saturated carbocycles. The van der Waals surface area contributed by atoms with Gasteiger partial charge in [0, 0.05) is 11.1 Å². The van der Waals surface area contributed by atoms with E-state index in [0.717, 1.165) is 5.56 Å². The Morgan fingerprint density at radius 2 is 1.52 bits per heavy atom. The standard InChI is InChI=1S/C23H27N3O7/c1-23(2,3)33-22(29)26-21(28)32-14-17-11-10-16(12-18(17)30-4)19(24)25-20(27)31-13-15-8-6-5-7-9-15/h5-12H,13-14H2,1-4H3,(H2,24,25,27)(H,26,28,29). The summed E-state index contributed by atoms with van der Waals surface area (Å²) in [6.07, 6.45) is -2.67. The number of hydrogen-bond donors (Lipinski definition) is 3. The lowest BCUT2D eigenvalue weighted by molar-refractivity contribution is 0.0506. The molecular formula is C23H27N3O7. The Morgan fingerprint density at radius 3 is 2.15 bits per heavy atom. The molecule has 0 aliphatic rings. The van der Waals surface area contributed by atoms with Crippen molar-refractivity contribution in [2.45, 2.75) is 39.6 Å². The smallest absolute Gasteiger partial charge is 0.417 e. The number of carbonyl (C=O) groups excluding carboxylic acids is 3. The van der Waals surface area contributed by atoms with Gasteiger partial charge < -0.3 is 18.9 Å². The molecule has 2 aromatic carbocycles. The number of amides is 3. The van der Waals surface area contributed by atoms with Crippen molar-refractivity contribution < 1.29 is 33.3 Å². The van der Waals surface area contributed by atoms with E-state index in [1.165, 1.54) is 13.2 Å². The number of ether oxygens (including phenoxy) is 4. The van der Waals surface area contributed by atoms with Gasteiger partial charge in [0.15, 0.2) is 0 Å². The molecule has 176 valence electrons. The van der Waals surface area contributed by atoms with Crippen LogP contribution < -0.4 is 15.4 Å². The van der Waals surface area contributed by atoms with Gasteiger partial charge in [-0.15, -0.1) is 0 Å². The molecular weight excluding hydrogens is 430 g/mol. The van der Waals surface area contributed by atoms with Crippen molar-refractivity contribution in [2.24, 2.45) is 0 Å². The summed E-state index contributed by atoms with van der Waals surface area (Å²) in [5.74, 6) is 0.128. The molecule has 0 radical (unpaired) electrons. The average Bonchev–Trinajstić information content (AvgIpc) is 2.75. The van der Waals surface area contributed by atoms with Crippen LogP contribution in [0.25, 0.3) is 0 Å². The number of benzene rings is 2. The summed E-state index contributed by atoms with van der Waals surface area (Å²) in [7, 11) is 1.41. The Bertz CT molecular complexity index is 1000. The molecule has 0 atom stereocenters. The summed E-state index contributed by atoms with van der Waals surface area (Å²) in [5.41, 5.74) is 0.905. The van der Waals surface area contributed by atoms with Crippen LogP contribution in [0.2, 0.25) is 0 Å². The van der Waals surface area contributed by atoms with E-state index in [2.05, 4.69) is 5.32 Å². The third-order valence-electron chi connectivity index (χ3n) is 3.98. The van der Waals surface area contributed by atoms with E-state index in [0.29, 0.717) is 16.9 Å². The molecule has 3 N–H and O–H groups in total. The van der Waals surface area contributed by atoms with Crippen LogP contribution in [0.5, 0.6) is 5.75 Å². The highest BCUT2D eigenvalue weighted by molar-refractivity contribution is 6.04. The van der Waals surface area contributed by atoms with E-state index in [1.54, 1.807) is 32.9 Å². The summed E-state index contributed by atoms with van der Waals surface area (Å²) >= 11 is 0. The maximum atomic E-state index is 12.0. The van der Waals surface area contributed by atoms with Crippen LogP contribution in [-0.4, -0.2) is 36.8 Å². The summed E-state index contributed by atoms with van der Waals surface area (Å²) in [5, 5.41) is 12.4. The quantitative estimate of drug-likeness (QED) is 0.337. The zero-order valence-electron chi connectivity index (χ0n) is 18.9. The van der Waals surface area contributed by atoms with E-state index in [9.17, 15) is 14.4 Å². The number of alkyl carbamates (subject to hydrolysis) is 3. The van der Waals surface area contributed by atoms with Crippen LogP contribution in [-0.2, 0) is 27.4 Å². The van der Waals surface area contributed by atoms with E-state index >= 15 is 0 Å². The number of hydrogen-bond acceptors (Lipinski definition) is 8. The van der Waals surface area contributed by atoms with Crippen LogP contribution in [0.3, 0.4) is 0 Å². The second-order valence-corrected chi connectivity index (χ2v) is 7.79. The molecule has 3 amide bonds. The summed E-state index contributed by atoms with van der Waals surface area (Å²) in [6.45, 7) is 4.88. The fourth-order valence-corrected chi connectivity index (χ4v) is 2.52. The van der Waals surface area contributed by atoms with Crippen LogP contribution in [0, 0.1) is 5.41 Å². The minimum atomic E-state index is -0.981. The van der Waals surface area contributed by atoms with E-state index < -0.39 is 23.9 Å². The van der Waals surface area contributed by atoms with Gasteiger partial charge in [0.25, 0.3) is 0 Å². The normalized spacial score (nSPS) is 10.5. The Labute approximate surface area is 191 Å². The topological polar surface area (TPSA) is 136 Å². The lowest BCUT2D eigenvalue weighted by Crippen LogP contribution is -2.36. The van der Waals surface area contributed by atoms with E-state index in [-0.39, 0.29) is 19.0 Å². The average molecular weight is 457 g/mol. The van der Waals surface area contributed by atoms with Gasteiger partial charge >= 0.3 is 18.3 Å². The van der Waals surface area contributed by atoms with Gasteiger partial charge in [-0.3, -0.25) is 10.7 Å². The molecule has 0 fully saturated rings. The summed E-state index contributed by atoms with van der Waals surface area (Å²) < 4.78 is 20.4. The van der Waals surface area contributed by atoms with Crippen LogP contribution in [0.4, 0.5) is 14.4 Å². The number of amidine groups is 1. The van der Waals surface area contributed by atoms with Crippen LogP contribution in [0.1, 0.15) is 37.5 Å². The second kappa shape index (κ2) is 11.5. The molecule has 33 heavy (non-hydrogen) atoms. The Morgan fingerprint density at radius 1 is 0.879 bits per heavy atom. The Hall–Kier alpha value is -4.08. The van der Waals surface area contributed by atoms with Crippen molar-refractivity contribution in [1.29, 1.82) is 5.41 Å². The molecule has 10 nitrogen and oxygen atoms in total. The number of methoxy groups -OCH3 is 1. The molecule has 0 saturated heterocycles. The maximum absolute atomic E-state index is 12.0. The number of imide groups is 1. The van der Waals surface area contributed by atoms with Crippen molar-refractivity contribution in [2.75, 3.05) is 7.11 Å². The van der Waals surface area contributed by atoms with Gasteiger partial charge in [-0.1, -0.05) is 42.5 Å². The van der Waals surface area contributed by atoms with Gasteiger partial charge in [0.05, 0.1) is 7.11 Å². The third kappa shape index (κ3) is 8.90. The molecule has 0 aliphatic carbocycles. The van der Waals surface area contributed by atoms with Crippen LogP contribution in [0.15, 0.2) is 48.5 Å². The highest BCUT2D eigenvalue weighted by Gasteiger charge is 2.19. The number of nitrogens with one attached hydrogen (secondary N) is 3. The predicted molar refractivity (Wildman–Crippen MR) is 119 cm³/mol. The lowest BCUT2D eigenvalue weighted by Gasteiger charge is -2.19. The molecule has 2 rings (SSSR count). The molecule has 0 unspecified atom stereocenters. The molecule has 0 aromatic heterocycles. The zero-order chi connectivity index (χ0) is 24.4. The first-order valence-corrected chi connectivity index (χ1v) is 9.97. The third-order valence-corrected chi connectivity index (χ3v) is 3.98. The summed E-state index contributed by atoms with van der Waals surface area (Å²) in [6, 6.07) is 13.8. The predicted octanol–water partition coefficient (Wildman–Crippen LogP) is 4.11. The SMILES string of the molecule is COc1cc(C(=N)NC(=O)OCc2ccccc2)ccc1COC(=O)NC(=O)OC(C)(C)C. The van der Waals surface area contributed by atoms with Crippen molar-refractivity contribution >= 4 is 24.1 Å². The summed E-state index contributed by atoms with van der Waals surface area (Å²) in [4.78, 5) is 35.4. The van der Waals surface area contributed by atoms with Gasteiger partial charge in [-0.2, -0.15) is 0 Å². The largest absolute Gasteiger partial charge is 0.496 e. The number of rotatable bonds is 6. The Balaban J connectivity index is 1.89. The minimum absolute atomic E-state index is 0.0743. The molecule has 0 heterocycles. The first-order chi connectivity index (χ1) is 15.6. The van der Waals surface area contributed by atoms with Gasteiger partial charge in [-0.25, -0.2) is 19.7 Å². The molecule has 0 spiro atoms.